The summed E-state index contributed by atoms with van der Waals surface area (Å²) < 4.78 is 25.8. The van der Waals surface area contributed by atoms with E-state index in [9.17, 15) is 14.0 Å². The minimum absolute atomic E-state index is 0. The summed E-state index contributed by atoms with van der Waals surface area (Å²) in [6, 6.07) is 7.56. The molecule has 0 radical (unpaired) electrons. The molecule has 2 aliphatic heterocycles. The Hall–Kier alpha value is -3.41. The van der Waals surface area contributed by atoms with Crippen LogP contribution in [0.2, 0.25) is 5.02 Å². The molecule has 2 saturated heterocycles. The van der Waals surface area contributed by atoms with E-state index in [1.54, 1.807) is 45.4 Å². The van der Waals surface area contributed by atoms with Crippen molar-refractivity contribution in [3.63, 3.8) is 0 Å². The number of carbonyl (C=O) groups is 2. The number of likely N-dealkylation sites (N-methyl/N-ethyl adjacent to an activating group) is 1. The van der Waals surface area contributed by atoms with Gasteiger partial charge in [0.1, 0.15) is 11.6 Å². The second-order valence-electron chi connectivity index (χ2n) is 10.8. The molecule has 0 spiro atoms. The average molecular weight is 623 g/mol. The number of likely N-dealkylation sites (tertiary alicyclic amines) is 1. The topological polar surface area (TPSA) is 106 Å². The monoisotopic (exact) mass is 621 g/mol. The average Bonchev–Trinajstić information content (AvgIpc) is 3.37. The first-order valence-corrected chi connectivity index (χ1v) is 14.1. The van der Waals surface area contributed by atoms with Crippen molar-refractivity contribution in [1.82, 2.24) is 15.3 Å². The van der Waals surface area contributed by atoms with Gasteiger partial charge in [0.25, 0.3) is 5.91 Å². The number of rotatable bonds is 7. The number of aromatic nitrogens is 2. The number of amides is 2. The molecule has 10 nitrogen and oxygen atoms in total. The van der Waals surface area contributed by atoms with Gasteiger partial charge in [0.05, 0.1) is 45.9 Å². The van der Waals surface area contributed by atoms with Crippen LogP contribution in [0.3, 0.4) is 0 Å². The van der Waals surface area contributed by atoms with Crippen molar-refractivity contribution in [3.8, 4) is 11.5 Å². The molecule has 226 valence electrons. The Kier molecular flexibility index (Phi) is 9.64. The Morgan fingerprint density at radius 1 is 1.07 bits per heavy atom. The van der Waals surface area contributed by atoms with Crippen LogP contribution < -0.4 is 25.0 Å². The van der Waals surface area contributed by atoms with Gasteiger partial charge in [-0.2, -0.15) is 4.98 Å². The molecular weight excluding hydrogens is 586 g/mol. The van der Waals surface area contributed by atoms with Crippen molar-refractivity contribution in [3.05, 3.63) is 41.2 Å². The van der Waals surface area contributed by atoms with Gasteiger partial charge in [-0.05, 0) is 37.1 Å². The van der Waals surface area contributed by atoms with Crippen LogP contribution in [-0.4, -0.2) is 79.3 Å². The van der Waals surface area contributed by atoms with E-state index in [0.717, 1.165) is 6.42 Å². The highest BCUT2D eigenvalue weighted by Gasteiger charge is 2.47. The molecule has 0 bridgehead atoms. The van der Waals surface area contributed by atoms with E-state index >= 15 is 0 Å². The molecule has 3 aromatic rings. The van der Waals surface area contributed by atoms with Gasteiger partial charge in [0.2, 0.25) is 5.95 Å². The first-order valence-electron chi connectivity index (χ1n) is 13.7. The van der Waals surface area contributed by atoms with Gasteiger partial charge < -0.3 is 25.0 Å². The van der Waals surface area contributed by atoms with E-state index < -0.39 is 5.82 Å². The minimum atomic E-state index is -0.510. The molecule has 2 amide bonds. The molecule has 3 heterocycles. The molecule has 2 aromatic carbocycles. The second-order valence-corrected chi connectivity index (χ2v) is 11.2. The molecule has 0 aliphatic carbocycles. The Labute approximate surface area is 255 Å². The standard InChI is InChI=1S/C29H34ClFN6O4.ClH/c1-17(38)37(2)13-5-6-24(37)28(39)32-19-9-11-36(12-10-19)29-34-23-16-26(41-4)25(40-3)15-20(23)27(35-29)33-22-8-7-18(30)14-21(22)31;/h7-8,14-16,19,24H,5-6,9-13H2,1-4H3,(H-,32,33,34,35,39);1H/p+1/t24-,37?;/m0./s1. The number of benzene rings is 2. The molecule has 2 aliphatic rings. The quantitative estimate of drug-likeness (QED) is 0.361. The van der Waals surface area contributed by atoms with Gasteiger partial charge in [-0.1, -0.05) is 11.6 Å². The zero-order valence-electron chi connectivity index (χ0n) is 24.1. The molecule has 0 saturated carbocycles. The Morgan fingerprint density at radius 2 is 1.76 bits per heavy atom. The van der Waals surface area contributed by atoms with E-state index in [4.69, 9.17) is 31.0 Å². The highest BCUT2D eigenvalue weighted by Crippen LogP contribution is 2.37. The van der Waals surface area contributed by atoms with E-state index in [1.165, 1.54) is 6.07 Å². The summed E-state index contributed by atoms with van der Waals surface area (Å²) in [5, 5.41) is 7.21. The minimum Gasteiger partial charge on any atom is -0.493 e. The number of methoxy groups -OCH3 is 2. The van der Waals surface area contributed by atoms with Gasteiger partial charge in [0, 0.05) is 48.4 Å². The number of hydrogen-bond acceptors (Lipinski definition) is 8. The van der Waals surface area contributed by atoms with Gasteiger partial charge in [-0.25, -0.2) is 14.2 Å². The lowest BCUT2D eigenvalue weighted by Crippen LogP contribution is -2.59. The Bertz CT molecular complexity index is 1490. The molecule has 1 aromatic heterocycles. The maximum atomic E-state index is 14.7. The van der Waals surface area contributed by atoms with Gasteiger partial charge >= 0.3 is 5.91 Å². The number of nitrogens with zero attached hydrogens (tertiary/aromatic N) is 4. The van der Waals surface area contributed by atoms with Gasteiger partial charge in [-0.3, -0.25) is 9.28 Å². The number of ether oxygens (including phenoxy) is 2. The largest absolute Gasteiger partial charge is 0.493 e. The van der Waals surface area contributed by atoms with Crippen LogP contribution >= 0.6 is 24.0 Å². The van der Waals surface area contributed by atoms with Crippen LogP contribution in [0.1, 0.15) is 32.6 Å². The van der Waals surface area contributed by atoms with E-state index in [2.05, 4.69) is 10.6 Å². The lowest BCUT2D eigenvalue weighted by Gasteiger charge is -2.35. The molecule has 5 rings (SSSR count). The van der Waals surface area contributed by atoms with E-state index in [1.807, 2.05) is 11.9 Å². The molecular formula is C29H36Cl2FN6O4+. The number of piperidine rings is 1. The number of quaternary nitrogens is 1. The number of fused-ring (bicyclic) bond motifs is 1. The van der Waals surface area contributed by atoms with Crippen LogP contribution in [0.15, 0.2) is 30.3 Å². The Balaban J connectivity index is 0.00000405. The number of anilines is 3. The van der Waals surface area contributed by atoms with Crippen LogP contribution in [0, 0.1) is 5.82 Å². The van der Waals surface area contributed by atoms with Crippen molar-refractivity contribution < 1.29 is 27.9 Å². The number of nitrogens with one attached hydrogen (secondary N) is 2. The van der Waals surface area contributed by atoms with Crippen molar-refractivity contribution in [2.45, 2.75) is 44.7 Å². The molecule has 1 unspecified atom stereocenters. The highest BCUT2D eigenvalue weighted by molar-refractivity contribution is 6.30. The Morgan fingerprint density at radius 3 is 2.40 bits per heavy atom. The molecule has 2 atom stereocenters. The SMILES string of the molecule is COc1cc2nc(N3CCC(NC(=O)[C@@H]4CCC[N+]4(C)C(C)=O)CC3)nc(Nc3ccc(Cl)cc3F)c2cc1OC.Cl. The van der Waals surface area contributed by atoms with Crippen LogP contribution in [0.4, 0.5) is 21.8 Å². The maximum absolute atomic E-state index is 14.7. The predicted molar refractivity (Wildman–Crippen MR) is 163 cm³/mol. The van der Waals surface area contributed by atoms with E-state index in [0.29, 0.717) is 78.1 Å². The molecule has 2 fully saturated rings. The third-order valence-electron chi connectivity index (χ3n) is 8.31. The molecule has 2 N–H and O–H groups in total. The highest BCUT2D eigenvalue weighted by atomic mass is 35.5. The fourth-order valence-electron chi connectivity index (χ4n) is 5.74. The van der Waals surface area contributed by atoms with Crippen LogP contribution in [0.5, 0.6) is 11.5 Å². The number of halogens is 3. The summed E-state index contributed by atoms with van der Waals surface area (Å²) >= 11 is 5.95. The third-order valence-corrected chi connectivity index (χ3v) is 8.54. The predicted octanol–water partition coefficient (Wildman–Crippen LogP) is 4.85. The first-order chi connectivity index (χ1) is 19.6. The first kappa shape index (κ1) is 31.5. The van der Waals surface area contributed by atoms with Crippen molar-refractivity contribution in [2.24, 2.45) is 0 Å². The summed E-state index contributed by atoms with van der Waals surface area (Å²) in [6.07, 6.45) is 2.97. The van der Waals surface area contributed by atoms with Crippen molar-refractivity contribution in [1.29, 1.82) is 0 Å². The fourth-order valence-corrected chi connectivity index (χ4v) is 5.90. The number of carbonyl (C=O) groups excluding carboxylic acids is 2. The summed E-state index contributed by atoms with van der Waals surface area (Å²) in [6.45, 7) is 3.48. The third kappa shape index (κ3) is 6.18. The van der Waals surface area contributed by atoms with Gasteiger partial charge in [0.15, 0.2) is 17.5 Å². The number of hydrogen-bond donors (Lipinski definition) is 2. The summed E-state index contributed by atoms with van der Waals surface area (Å²) in [5.74, 6) is 1.34. The zero-order chi connectivity index (χ0) is 29.3. The van der Waals surface area contributed by atoms with Crippen molar-refractivity contribution in [2.75, 3.05) is 51.1 Å². The maximum Gasteiger partial charge on any atom is 0.311 e. The molecule has 13 heteroatoms. The summed E-state index contributed by atoms with van der Waals surface area (Å²) in [5.41, 5.74) is 0.821. The normalized spacial score (nSPS) is 20.6. The molecule has 42 heavy (non-hydrogen) atoms. The van der Waals surface area contributed by atoms with Crippen molar-refractivity contribution >= 4 is 64.2 Å². The lowest BCUT2D eigenvalue weighted by atomic mass is 10.0. The summed E-state index contributed by atoms with van der Waals surface area (Å²) in [7, 11) is 4.95. The van der Waals surface area contributed by atoms with Crippen LogP contribution in [-0.2, 0) is 9.59 Å². The second kappa shape index (κ2) is 12.8. The fraction of sp³-hybridized carbons (Fsp3) is 0.448. The van der Waals surface area contributed by atoms with Gasteiger partial charge in [-0.15, -0.1) is 12.4 Å². The smallest absolute Gasteiger partial charge is 0.311 e. The zero-order valence-corrected chi connectivity index (χ0v) is 25.6. The van der Waals surface area contributed by atoms with E-state index in [-0.39, 0.29) is 46.5 Å². The van der Waals surface area contributed by atoms with Crippen LogP contribution in [0.25, 0.3) is 10.9 Å². The summed E-state index contributed by atoms with van der Waals surface area (Å²) in [4.78, 5) is 37.0. The lowest BCUT2D eigenvalue weighted by molar-refractivity contribution is -0.836.